The summed E-state index contributed by atoms with van der Waals surface area (Å²) in [6.07, 6.45) is -5.13. The number of halogens is 3. The molecule has 8 heteroatoms. The predicted octanol–water partition coefficient (Wildman–Crippen LogP) is 2.24. The fraction of sp³-hybridized carbons (Fsp3) is 0.417. The van der Waals surface area contributed by atoms with Gasteiger partial charge >= 0.3 is 6.18 Å². The van der Waals surface area contributed by atoms with Crippen LogP contribution in [0.15, 0.2) is 23.1 Å². The first-order chi connectivity index (χ1) is 9.11. The molecule has 0 aromatic heterocycles. The normalized spacial score (nSPS) is 17.6. The Bertz CT molecular complexity index is 686. The molecule has 1 aliphatic carbocycles. The number of aryl methyl sites for hydroxylation is 1. The molecule has 108 valence electrons. The van der Waals surface area contributed by atoms with Crippen LogP contribution in [0.3, 0.4) is 0 Å². The van der Waals surface area contributed by atoms with Gasteiger partial charge in [-0.3, -0.25) is 0 Å². The molecule has 1 fully saturated rings. The van der Waals surface area contributed by atoms with Gasteiger partial charge in [0.2, 0.25) is 10.0 Å². The minimum atomic E-state index is -4.61. The van der Waals surface area contributed by atoms with Gasteiger partial charge in [0.15, 0.2) is 0 Å². The second-order valence-corrected chi connectivity index (χ2v) is 6.46. The third-order valence-electron chi connectivity index (χ3n) is 3.25. The number of rotatable bonds is 3. The number of alkyl halides is 3. The summed E-state index contributed by atoms with van der Waals surface area (Å²) in [5, 5.41) is 8.75. The van der Waals surface area contributed by atoms with Gasteiger partial charge in [-0.25, -0.2) is 8.42 Å². The topological polar surface area (TPSA) is 70.0 Å². The minimum absolute atomic E-state index is 0.259. The van der Waals surface area contributed by atoms with E-state index in [9.17, 15) is 21.6 Å². The van der Waals surface area contributed by atoms with Gasteiger partial charge in [0.25, 0.3) is 0 Å². The highest BCUT2D eigenvalue weighted by molar-refractivity contribution is 7.89. The lowest BCUT2D eigenvalue weighted by atomic mass is 10.1. The molecule has 20 heavy (non-hydrogen) atoms. The van der Waals surface area contributed by atoms with Crippen molar-refractivity contribution in [2.24, 2.45) is 0 Å². The second-order valence-electron chi connectivity index (χ2n) is 4.77. The Balaban J connectivity index is 2.33. The van der Waals surface area contributed by atoms with Crippen molar-refractivity contribution in [2.45, 2.75) is 36.4 Å². The average molecular weight is 304 g/mol. The van der Waals surface area contributed by atoms with Crippen LogP contribution in [0.1, 0.15) is 24.0 Å². The van der Waals surface area contributed by atoms with E-state index >= 15 is 0 Å². The van der Waals surface area contributed by atoms with Crippen LogP contribution in [0.2, 0.25) is 0 Å². The van der Waals surface area contributed by atoms with Crippen molar-refractivity contribution < 1.29 is 21.6 Å². The summed E-state index contributed by atoms with van der Waals surface area (Å²) >= 11 is 0. The Hall–Kier alpha value is -1.59. The van der Waals surface area contributed by atoms with Crippen molar-refractivity contribution in [1.29, 1.82) is 5.26 Å². The van der Waals surface area contributed by atoms with Crippen LogP contribution in [0.25, 0.3) is 0 Å². The highest BCUT2D eigenvalue weighted by Gasteiger charge is 2.65. The molecule has 0 spiro atoms. The maximum atomic E-state index is 12.8. The molecule has 2 rings (SSSR count). The lowest BCUT2D eigenvalue weighted by Crippen LogP contribution is -2.47. The SMILES string of the molecule is Cc1cc(S(=O)(=O)NC2(C(F)(F)F)CC2)ccc1C#N. The van der Waals surface area contributed by atoms with E-state index in [1.54, 1.807) is 4.72 Å². The van der Waals surface area contributed by atoms with Crippen molar-refractivity contribution in [2.75, 3.05) is 0 Å². The van der Waals surface area contributed by atoms with Crippen molar-refractivity contribution in [3.8, 4) is 6.07 Å². The third-order valence-corrected chi connectivity index (χ3v) is 4.78. The van der Waals surface area contributed by atoms with Gasteiger partial charge in [-0.05, 0) is 43.5 Å². The zero-order valence-corrected chi connectivity index (χ0v) is 11.3. The quantitative estimate of drug-likeness (QED) is 0.931. The molecular formula is C12H11F3N2O2S. The number of hydrogen-bond donors (Lipinski definition) is 1. The molecule has 4 nitrogen and oxygen atoms in total. The van der Waals surface area contributed by atoms with Crippen LogP contribution in [0, 0.1) is 18.3 Å². The molecule has 1 saturated carbocycles. The molecule has 0 radical (unpaired) electrons. The summed E-state index contributed by atoms with van der Waals surface area (Å²) in [6, 6.07) is 5.45. The number of nitrogens with one attached hydrogen (secondary N) is 1. The van der Waals surface area contributed by atoms with Gasteiger partial charge in [0.1, 0.15) is 5.54 Å². The van der Waals surface area contributed by atoms with E-state index in [-0.39, 0.29) is 23.3 Å². The maximum Gasteiger partial charge on any atom is 0.407 e. The molecule has 0 unspecified atom stereocenters. The van der Waals surface area contributed by atoms with E-state index in [4.69, 9.17) is 5.26 Å². The van der Waals surface area contributed by atoms with E-state index in [1.807, 2.05) is 6.07 Å². The molecule has 1 aromatic rings. The Morgan fingerprint density at radius 3 is 2.35 bits per heavy atom. The Morgan fingerprint density at radius 2 is 1.95 bits per heavy atom. The first-order valence-electron chi connectivity index (χ1n) is 5.73. The summed E-state index contributed by atoms with van der Waals surface area (Å²) in [4.78, 5) is -0.274. The van der Waals surface area contributed by atoms with Crippen LogP contribution >= 0.6 is 0 Å². The molecule has 1 N–H and O–H groups in total. The van der Waals surface area contributed by atoms with Crippen LogP contribution < -0.4 is 4.72 Å². The van der Waals surface area contributed by atoms with Gasteiger partial charge in [-0.1, -0.05) is 0 Å². The van der Waals surface area contributed by atoms with Gasteiger partial charge in [-0.15, -0.1) is 0 Å². The van der Waals surface area contributed by atoms with E-state index in [0.29, 0.717) is 5.56 Å². The zero-order valence-electron chi connectivity index (χ0n) is 10.5. The standard InChI is InChI=1S/C12H11F3N2O2S/c1-8-6-10(3-2-9(8)7-16)20(18,19)17-11(4-5-11)12(13,14)15/h2-3,6,17H,4-5H2,1H3. The molecular weight excluding hydrogens is 293 g/mol. The number of hydrogen-bond acceptors (Lipinski definition) is 3. The molecule has 0 bridgehead atoms. The molecule has 0 saturated heterocycles. The van der Waals surface area contributed by atoms with E-state index in [0.717, 1.165) is 6.07 Å². The maximum absolute atomic E-state index is 12.8. The summed E-state index contributed by atoms with van der Waals surface area (Å²) < 4.78 is 64.0. The van der Waals surface area contributed by atoms with E-state index < -0.39 is 21.7 Å². The van der Waals surface area contributed by atoms with Crippen LogP contribution in [0.4, 0.5) is 13.2 Å². The van der Waals surface area contributed by atoms with Crippen molar-refractivity contribution in [1.82, 2.24) is 4.72 Å². The summed E-state index contributed by atoms with van der Waals surface area (Å²) in [7, 11) is -4.27. The van der Waals surface area contributed by atoms with Gasteiger partial charge in [0.05, 0.1) is 16.5 Å². The molecule has 0 atom stereocenters. The first kappa shape index (κ1) is 14.8. The average Bonchev–Trinajstić information content (AvgIpc) is 3.08. The molecule has 1 aromatic carbocycles. The zero-order chi connectivity index (χ0) is 15.2. The van der Waals surface area contributed by atoms with Gasteiger partial charge < -0.3 is 0 Å². The highest BCUT2D eigenvalue weighted by atomic mass is 32.2. The Labute approximate surface area is 114 Å². The van der Waals surface area contributed by atoms with Crippen LogP contribution in [0.5, 0.6) is 0 Å². The molecule has 1 aliphatic rings. The first-order valence-corrected chi connectivity index (χ1v) is 7.21. The van der Waals surface area contributed by atoms with Gasteiger partial charge in [0, 0.05) is 0 Å². The highest BCUT2D eigenvalue weighted by Crippen LogP contribution is 2.49. The molecule has 0 amide bonds. The monoisotopic (exact) mass is 304 g/mol. The van der Waals surface area contributed by atoms with E-state index in [1.165, 1.54) is 19.1 Å². The van der Waals surface area contributed by atoms with E-state index in [2.05, 4.69) is 0 Å². The molecule has 0 aliphatic heterocycles. The molecule has 0 heterocycles. The number of nitrogens with zero attached hydrogens (tertiary/aromatic N) is 1. The fourth-order valence-electron chi connectivity index (χ4n) is 1.81. The summed E-state index contributed by atoms with van der Waals surface area (Å²) in [6.45, 7) is 1.52. The lowest BCUT2D eigenvalue weighted by molar-refractivity contribution is -0.160. The smallest absolute Gasteiger partial charge is 0.207 e. The number of nitriles is 1. The van der Waals surface area contributed by atoms with Crippen LogP contribution in [-0.4, -0.2) is 20.1 Å². The van der Waals surface area contributed by atoms with Crippen molar-refractivity contribution in [3.05, 3.63) is 29.3 Å². The largest absolute Gasteiger partial charge is 0.407 e. The number of benzene rings is 1. The summed E-state index contributed by atoms with van der Waals surface area (Å²) in [5.41, 5.74) is -1.67. The second kappa shape index (κ2) is 4.46. The van der Waals surface area contributed by atoms with Crippen LogP contribution in [-0.2, 0) is 10.0 Å². The predicted molar refractivity (Wildman–Crippen MR) is 64.2 cm³/mol. The van der Waals surface area contributed by atoms with Crippen molar-refractivity contribution >= 4 is 10.0 Å². The third kappa shape index (κ3) is 2.51. The fourth-order valence-corrected chi connectivity index (χ4v) is 3.34. The Kier molecular flexibility index (Phi) is 3.31. The Morgan fingerprint density at radius 1 is 1.35 bits per heavy atom. The minimum Gasteiger partial charge on any atom is -0.207 e. The van der Waals surface area contributed by atoms with Crippen molar-refractivity contribution in [3.63, 3.8) is 0 Å². The lowest BCUT2D eigenvalue weighted by Gasteiger charge is -2.20. The van der Waals surface area contributed by atoms with Gasteiger partial charge in [-0.2, -0.15) is 23.2 Å². The summed E-state index contributed by atoms with van der Waals surface area (Å²) in [5.74, 6) is 0. The number of sulfonamides is 1.